The van der Waals surface area contributed by atoms with Crippen LogP contribution in [-0.4, -0.2) is 16.6 Å². The molecule has 3 heteroatoms. The van der Waals surface area contributed by atoms with Crippen molar-refractivity contribution in [3.63, 3.8) is 0 Å². The number of unbranched alkanes of at least 4 members (excludes halogenated alkanes) is 18. The molecule has 0 saturated carbocycles. The summed E-state index contributed by atoms with van der Waals surface area (Å²) in [6, 6.07) is 25.2. The van der Waals surface area contributed by atoms with E-state index in [0.717, 1.165) is 0 Å². The van der Waals surface area contributed by atoms with E-state index in [-0.39, 0.29) is 0 Å². The molecule has 1 nitrogen and oxygen atoms in total. The molecule has 2 aromatic rings. The van der Waals surface area contributed by atoms with Crippen LogP contribution in [0.25, 0.3) is 0 Å². The maximum Gasteiger partial charge on any atom is 0.209 e. The van der Waals surface area contributed by atoms with Crippen molar-refractivity contribution in [1.82, 2.24) is 0 Å². The predicted molar refractivity (Wildman–Crippen MR) is 190 cm³/mol. The molecule has 2 aromatic carbocycles. The molecule has 0 amide bonds. The Labute approximate surface area is 258 Å². The quantitative estimate of drug-likeness (QED) is 0.0777. The van der Waals surface area contributed by atoms with E-state index in [2.05, 4.69) is 87.6 Å². The molecule has 0 aliphatic heterocycles. The largest absolute Gasteiger partial charge is 0.448 e. The lowest BCUT2D eigenvalue weighted by Gasteiger charge is -2.39. The average molecular weight is 595 g/mol. The fourth-order valence-electron chi connectivity index (χ4n) is 6.49. The van der Waals surface area contributed by atoms with Crippen LogP contribution in [0.5, 0.6) is 0 Å². The van der Waals surface area contributed by atoms with Gasteiger partial charge in [0.2, 0.25) is 16.6 Å². The molecule has 2 unspecified atom stereocenters. The van der Waals surface area contributed by atoms with Crippen molar-refractivity contribution >= 4 is 27.0 Å². The predicted octanol–water partition coefficient (Wildman–Crippen LogP) is 11.8. The van der Waals surface area contributed by atoms with Gasteiger partial charge in [-0.2, -0.15) is 0 Å². The summed E-state index contributed by atoms with van der Waals surface area (Å²) in [5, 5.41) is 2.99. The van der Waals surface area contributed by atoms with Crippen LogP contribution in [0, 0.1) is 0 Å². The van der Waals surface area contributed by atoms with Gasteiger partial charge < -0.3 is 4.12 Å². The summed E-state index contributed by atoms with van der Waals surface area (Å²) < 4.78 is 7.64. The number of hydrogen-bond donors (Lipinski definition) is 0. The zero-order valence-corrected chi connectivity index (χ0v) is 29.7. The van der Waals surface area contributed by atoms with E-state index < -0.39 is 16.6 Å². The molecule has 0 bridgehead atoms. The molecule has 0 aliphatic carbocycles. The van der Waals surface area contributed by atoms with Crippen molar-refractivity contribution in [2.75, 3.05) is 0 Å². The molecule has 0 spiro atoms. The fourth-order valence-corrected chi connectivity index (χ4v) is 16.4. The lowest BCUT2D eigenvalue weighted by Crippen LogP contribution is -2.60. The summed E-state index contributed by atoms with van der Waals surface area (Å²) in [7, 11) is -4.14. The van der Waals surface area contributed by atoms with Crippen LogP contribution in [-0.2, 0) is 4.12 Å². The van der Waals surface area contributed by atoms with Gasteiger partial charge in [-0.3, -0.25) is 0 Å². The van der Waals surface area contributed by atoms with Gasteiger partial charge in [0.05, 0.1) is 0 Å². The van der Waals surface area contributed by atoms with Gasteiger partial charge in [-0.15, -0.1) is 0 Å². The number of hydrogen-bond acceptors (Lipinski definition) is 1. The molecule has 0 heterocycles. The van der Waals surface area contributed by atoms with E-state index in [4.69, 9.17) is 4.12 Å². The van der Waals surface area contributed by atoms with Gasteiger partial charge in [-0.1, -0.05) is 203 Å². The van der Waals surface area contributed by atoms with Crippen LogP contribution in [0.1, 0.15) is 142 Å². The molecule has 0 N–H and O–H groups in total. The summed E-state index contributed by atoms with van der Waals surface area (Å²) >= 11 is 0. The Bertz CT molecular complexity index is 786. The summed E-state index contributed by atoms with van der Waals surface area (Å²) in [5.74, 6) is 0. The van der Waals surface area contributed by atoms with Crippen molar-refractivity contribution in [1.29, 1.82) is 0 Å². The highest BCUT2D eigenvalue weighted by atomic mass is 28.4. The fraction of sp³-hybridized carbons (Fsp3) is 0.684. The lowest BCUT2D eigenvalue weighted by molar-refractivity contribution is 0.525. The van der Waals surface area contributed by atoms with Gasteiger partial charge in [0, 0.05) is 0 Å². The topological polar surface area (TPSA) is 9.23 Å². The van der Waals surface area contributed by atoms with Crippen molar-refractivity contribution in [3.05, 3.63) is 60.7 Å². The van der Waals surface area contributed by atoms with Gasteiger partial charge in [-0.25, -0.2) is 0 Å². The van der Waals surface area contributed by atoms with Crippen molar-refractivity contribution in [2.45, 2.75) is 167 Å². The maximum atomic E-state index is 7.64. The van der Waals surface area contributed by atoms with E-state index in [0.29, 0.717) is 0 Å². The Kier molecular flexibility index (Phi) is 19.7. The second-order valence-electron chi connectivity index (χ2n) is 13.2. The smallest absolute Gasteiger partial charge is 0.209 e. The summed E-state index contributed by atoms with van der Waals surface area (Å²) in [4.78, 5) is 0. The molecule has 0 fully saturated rings. The molecule has 232 valence electrons. The first-order chi connectivity index (χ1) is 20.0. The zero-order chi connectivity index (χ0) is 29.5. The van der Waals surface area contributed by atoms with E-state index in [9.17, 15) is 0 Å². The summed E-state index contributed by atoms with van der Waals surface area (Å²) in [6.07, 6.45) is 27.9. The average Bonchev–Trinajstić information content (AvgIpc) is 3.00. The van der Waals surface area contributed by atoms with Crippen LogP contribution in [0.2, 0.25) is 25.2 Å². The second kappa shape index (κ2) is 22.4. The first-order valence-electron chi connectivity index (χ1n) is 17.9. The molecule has 0 aliphatic rings. The minimum atomic E-state index is -2.07. The third kappa shape index (κ3) is 15.2. The van der Waals surface area contributed by atoms with E-state index >= 15 is 0 Å². The highest BCUT2D eigenvalue weighted by molar-refractivity contribution is 6.97. The monoisotopic (exact) mass is 594 g/mol. The van der Waals surface area contributed by atoms with Gasteiger partial charge in [0.25, 0.3) is 0 Å². The molecule has 41 heavy (non-hydrogen) atoms. The Balaban J connectivity index is 1.93. The van der Waals surface area contributed by atoms with Crippen LogP contribution in [0.4, 0.5) is 0 Å². The van der Waals surface area contributed by atoms with Gasteiger partial charge in [0.1, 0.15) is 0 Å². The SMILES string of the molecule is CCCCCCCCCCCC[Si](C)(O[Si](C)(CCCCCCCCCCCC)c1ccccc1)c1ccccc1. The Morgan fingerprint density at radius 1 is 0.390 bits per heavy atom. The molecule has 2 atom stereocenters. The highest BCUT2D eigenvalue weighted by Crippen LogP contribution is 2.27. The number of benzene rings is 2. The maximum absolute atomic E-state index is 7.64. The molecular formula is C38H66OSi2. The van der Waals surface area contributed by atoms with Crippen molar-refractivity contribution in [3.8, 4) is 0 Å². The van der Waals surface area contributed by atoms with E-state index in [1.165, 1.54) is 151 Å². The van der Waals surface area contributed by atoms with Gasteiger partial charge in [-0.05, 0) is 35.6 Å². The normalized spacial score (nSPS) is 14.5. The van der Waals surface area contributed by atoms with Crippen LogP contribution >= 0.6 is 0 Å². The lowest BCUT2D eigenvalue weighted by atomic mass is 10.1. The standard InChI is InChI=1S/C38H66OSi2/c1-5-7-9-11-13-15-17-19-21-29-35-40(3,37-31-25-23-26-32-37)39-41(4,38-33-27-24-28-34-38)36-30-22-20-18-16-14-12-10-8-6-2/h23-28,31-34H,5-22,29-30,35-36H2,1-4H3. The Morgan fingerprint density at radius 3 is 0.951 bits per heavy atom. The Morgan fingerprint density at radius 2 is 0.659 bits per heavy atom. The molecule has 2 rings (SSSR count). The van der Waals surface area contributed by atoms with Crippen molar-refractivity contribution < 1.29 is 4.12 Å². The Hall–Kier alpha value is -1.17. The molecule has 0 saturated heterocycles. The van der Waals surface area contributed by atoms with Crippen molar-refractivity contribution in [2.24, 2.45) is 0 Å². The van der Waals surface area contributed by atoms with Crippen LogP contribution < -0.4 is 10.4 Å². The highest BCUT2D eigenvalue weighted by Gasteiger charge is 2.41. The van der Waals surface area contributed by atoms with Gasteiger partial charge in [0.15, 0.2) is 0 Å². The minimum Gasteiger partial charge on any atom is -0.448 e. The molecule has 0 aromatic heterocycles. The summed E-state index contributed by atoms with van der Waals surface area (Å²) in [6.45, 7) is 9.67. The number of rotatable bonds is 26. The second-order valence-corrected chi connectivity index (χ2v) is 21.1. The summed E-state index contributed by atoms with van der Waals surface area (Å²) in [5.41, 5.74) is 0. The minimum absolute atomic E-state index is 1.25. The molecule has 0 radical (unpaired) electrons. The van der Waals surface area contributed by atoms with Gasteiger partial charge >= 0.3 is 0 Å². The van der Waals surface area contributed by atoms with Crippen LogP contribution in [0.3, 0.4) is 0 Å². The first-order valence-corrected chi connectivity index (χ1v) is 23.1. The third-order valence-corrected chi connectivity index (χ3v) is 18.6. The van der Waals surface area contributed by atoms with E-state index in [1.807, 2.05) is 0 Å². The zero-order valence-electron chi connectivity index (χ0n) is 27.7. The van der Waals surface area contributed by atoms with E-state index in [1.54, 1.807) is 0 Å². The van der Waals surface area contributed by atoms with Crippen LogP contribution in [0.15, 0.2) is 60.7 Å². The molecular weight excluding hydrogens is 529 g/mol. The first kappa shape index (κ1) is 36.0. The third-order valence-electron chi connectivity index (χ3n) is 9.23.